The molecule has 6 heteroatoms. The van der Waals surface area contributed by atoms with Gasteiger partial charge in [-0.25, -0.2) is 4.39 Å². The average Bonchev–Trinajstić information content (AvgIpc) is 2.69. The van der Waals surface area contributed by atoms with Crippen LogP contribution in [0.15, 0.2) is 18.2 Å². The molecular weight excluding hydrogens is 260 g/mol. The van der Waals surface area contributed by atoms with Gasteiger partial charge in [0.05, 0.1) is 6.54 Å². The third kappa shape index (κ3) is 3.59. The highest BCUT2D eigenvalue weighted by atomic mass is 19.4. The van der Waals surface area contributed by atoms with Gasteiger partial charge in [0, 0.05) is 24.8 Å². The fourth-order valence-electron chi connectivity index (χ4n) is 2.37. The van der Waals surface area contributed by atoms with Gasteiger partial charge in [-0.3, -0.25) is 0 Å². The van der Waals surface area contributed by atoms with Crippen LogP contribution in [0, 0.1) is 5.82 Å². The zero-order valence-corrected chi connectivity index (χ0v) is 10.6. The molecule has 0 amide bonds. The number of nitrogens with zero attached hydrogens (tertiary/aromatic N) is 1. The second-order valence-corrected chi connectivity index (χ2v) is 4.81. The van der Waals surface area contributed by atoms with E-state index in [-0.39, 0.29) is 18.4 Å². The van der Waals surface area contributed by atoms with E-state index in [1.807, 2.05) is 11.8 Å². The van der Waals surface area contributed by atoms with Crippen molar-refractivity contribution >= 4 is 5.69 Å². The standard InChI is InChI=1S/C13H16F4N2/c1-9(7-18-8-13(15,16)17)19-5-4-10-2-3-11(14)6-12(10)19/h2-3,6,9,18H,4-5,7-8H2,1H3. The quantitative estimate of drug-likeness (QED) is 0.851. The van der Waals surface area contributed by atoms with Gasteiger partial charge in [0.25, 0.3) is 0 Å². The predicted molar refractivity (Wildman–Crippen MR) is 65.8 cm³/mol. The van der Waals surface area contributed by atoms with Crippen molar-refractivity contribution in [1.29, 1.82) is 0 Å². The highest BCUT2D eigenvalue weighted by Gasteiger charge is 2.28. The minimum Gasteiger partial charge on any atom is -0.367 e. The lowest BCUT2D eigenvalue weighted by atomic mass is 10.1. The Bertz CT molecular complexity index is 445. The summed E-state index contributed by atoms with van der Waals surface area (Å²) in [5.41, 5.74) is 1.84. The van der Waals surface area contributed by atoms with Crippen molar-refractivity contribution in [2.75, 3.05) is 24.5 Å². The van der Waals surface area contributed by atoms with Crippen LogP contribution in [0.25, 0.3) is 0 Å². The molecule has 1 aromatic carbocycles. The Balaban J connectivity index is 1.95. The number of hydrogen-bond acceptors (Lipinski definition) is 2. The Morgan fingerprint density at radius 3 is 2.79 bits per heavy atom. The second kappa shape index (κ2) is 5.36. The summed E-state index contributed by atoms with van der Waals surface area (Å²) in [6.07, 6.45) is -3.39. The minimum atomic E-state index is -4.20. The summed E-state index contributed by atoms with van der Waals surface area (Å²) in [4.78, 5) is 1.95. The van der Waals surface area contributed by atoms with E-state index in [2.05, 4.69) is 5.32 Å². The molecule has 106 valence electrons. The zero-order valence-electron chi connectivity index (χ0n) is 10.6. The maximum Gasteiger partial charge on any atom is 0.401 e. The van der Waals surface area contributed by atoms with E-state index in [1.54, 1.807) is 6.07 Å². The summed E-state index contributed by atoms with van der Waals surface area (Å²) in [6, 6.07) is 4.49. The van der Waals surface area contributed by atoms with Crippen molar-refractivity contribution in [2.45, 2.75) is 25.6 Å². The highest BCUT2D eigenvalue weighted by molar-refractivity contribution is 5.58. The van der Waals surface area contributed by atoms with Crippen molar-refractivity contribution in [3.63, 3.8) is 0 Å². The molecule has 0 spiro atoms. The summed E-state index contributed by atoms with van der Waals surface area (Å²) in [5, 5.41) is 2.39. The molecule has 1 atom stereocenters. The SMILES string of the molecule is CC(CNCC(F)(F)F)N1CCc2ccc(F)cc21. The van der Waals surface area contributed by atoms with Gasteiger partial charge in [-0.15, -0.1) is 0 Å². The van der Waals surface area contributed by atoms with Gasteiger partial charge in [-0.2, -0.15) is 13.2 Å². The van der Waals surface area contributed by atoms with Crippen molar-refractivity contribution in [1.82, 2.24) is 5.32 Å². The van der Waals surface area contributed by atoms with E-state index in [0.29, 0.717) is 6.54 Å². The number of benzene rings is 1. The summed E-state index contributed by atoms with van der Waals surface area (Å²) >= 11 is 0. The Kier molecular flexibility index (Phi) is 3.99. The molecule has 0 radical (unpaired) electrons. The molecule has 19 heavy (non-hydrogen) atoms. The number of nitrogens with one attached hydrogen (secondary N) is 1. The number of fused-ring (bicyclic) bond motifs is 1. The molecule has 1 heterocycles. The molecule has 1 aliphatic heterocycles. The van der Waals surface area contributed by atoms with Crippen LogP contribution in [0.1, 0.15) is 12.5 Å². The van der Waals surface area contributed by atoms with Gasteiger partial charge in [-0.05, 0) is 31.0 Å². The first-order valence-electron chi connectivity index (χ1n) is 6.19. The van der Waals surface area contributed by atoms with Crippen molar-refractivity contribution in [3.8, 4) is 0 Å². The molecule has 0 bridgehead atoms. The minimum absolute atomic E-state index is 0.106. The molecule has 0 aliphatic carbocycles. The van der Waals surface area contributed by atoms with E-state index in [0.717, 1.165) is 17.7 Å². The molecule has 2 rings (SSSR count). The Labute approximate surface area is 109 Å². The Morgan fingerprint density at radius 2 is 2.11 bits per heavy atom. The summed E-state index contributed by atoms with van der Waals surface area (Å²) < 4.78 is 49.4. The van der Waals surface area contributed by atoms with Crippen LogP contribution < -0.4 is 10.2 Å². The van der Waals surface area contributed by atoms with Crippen LogP contribution in [-0.4, -0.2) is 31.9 Å². The number of hydrogen-bond donors (Lipinski definition) is 1. The van der Waals surface area contributed by atoms with Gasteiger partial charge in [-0.1, -0.05) is 6.07 Å². The molecular formula is C13H16F4N2. The van der Waals surface area contributed by atoms with Crippen LogP contribution in [0.4, 0.5) is 23.2 Å². The van der Waals surface area contributed by atoms with Gasteiger partial charge >= 0.3 is 6.18 Å². The first kappa shape index (κ1) is 14.1. The predicted octanol–water partition coefficient (Wildman–Crippen LogP) is 2.73. The largest absolute Gasteiger partial charge is 0.401 e. The van der Waals surface area contributed by atoms with Crippen molar-refractivity contribution < 1.29 is 17.6 Å². The van der Waals surface area contributed by atoms with Gasteiger partial charge in [0.2, 0.25) is 0 Å². The van der Waals surface area contributed by atoms with Crippen LogP contribution >= 0.6 is 0 Å². The first-order chi connectivity index (χ1) is 8.87. The molecule has 1 aliphatic rings. The van der Waals surface area contributed by atoms with E-state index in [1.165, 1.54) is 12.1 Å². The molecule has 1 aromatic rings. The monoisotopic (exact) mass is 276 g/mol. The summed E-state index contributed by atoms with van der Waals surface area (Å²) in [6.45, 7) is 1.77. The fraction of sp³-hybridized carbons (Fsp3) is 0.538. The lowest BCUT2D eigenvalue weighted by Gasteiger charge is -2.27. The van der Waals surface area contributed by atoms with Crippen molar-refractivity contribution in [2.24, 2.45) is 0 Å². The number of alkyl halides is 3. The zero-order chi connectivity index (χ0) is 14.0. The van der Waals surface area contributed by atoms with E-state index >= 15 is 0 Å². The molecule has 0 fully saturated rings. The third-order valence-corrected chi connectivity index (χ3v) is 3.28. The van der Waals surface area contributed by atoms with Crippen LogP contribution in [0.3, 0.4) is 0 Å². The lowest BCUT2D eigenvalue weighted by Crippen LogP contribution is -2.42. The molecule has 0 aromatic heterocycles. The molecule has 0 saturated carbocycles. The van der Waals surface area contributed by atoms with E-state index in [4.69, 9.17) is 0 Å². The van der Waals surface area contributed by atoms with Crippen LogP contribution in [0.2, 0.25) is 0 Å². The smallest absolute Gasteiger partial charge is 0.367 e. The highest BCUT2D eigenvalue weighted by Crippen LogP contribution is 2.30. The Hall–Kier alpha value is -1.30. The first-order valence-corrected chi connectivity index (χ1v) is 6.19. The third-order valence-electron chi connectivity index (χ3n) is 3.28. The second-order valence-electron chi connectivity index (χ2n) is 4.81. The number of rotatable bonds is 4. The maximum atomic E-state index is 13.2. The fourth-order valence-corrected chi connectivity index (χ4v) is 2.37. The van der Waals surface area contributed by atoms with Crippen molar-refractivity contribution in [3.05, 3.63) is 29.6 Å². The van der Waals surface area contributed by atoms with Crippen LogP contribution in [-0.2, 0) is 6.42 Å². The summed E-state index contributed by atoms with van der Waals surface area (Å²) in [5.74, 6) is -0.318. The van der Waals surface area contributed by atoms with E-state index in [9.17, 15) is 17.6 Å². The average molecular weight is 276 g/mol. The van der Waals surface area contributed by atoms with Crippen LogP contribution in [0.5, 0.6) is 0 Å². The number of anilines is 1. The van der Waals surface area contributed by atoms with E-state index < -0.39 is 12.7 Å². The topological polar surface area (TPSA) is 15.3 Å². The molecule has 0 saturated heterocycles. The van der Waals surface area contributed by atoms with Gasteiger partial charge in [0.1, 0.15) is 5.82 Å². The summed E-state index contributed by atoms with van der Waals surface area (Å²) in [7, 11) is 0. The Morgan fingerprint density at radius 1 is 1.37 bits per heavy atom. The lowest BCUT2D eigenvalue weighted by molar-refractivity contribution is -0.124. The number of halogens is 4. The molecule has 2 nitrogen and oxygen atoms in total. The normalized spacial score (nSPS) is 16.6. The maximum absolute atomic E-state index is 13.2. The van der Waals surface area contributed by atoms with Gasteiger partial charge in [0.15, 0.2) is 0 Å². The molecule has 1 unspecified atom stereocenters. The molecule has 1 N–H and O–H groups in total. The van der Waals surface area contributed by atoms with Gasteiger partial charge < -0.3 is 10.2 Å².